The van der Waals surface area contributed by atoms with Gasteiger partial charge in [0.05, 0.1) is 18.4 Å². The Morgan fingerprint density at radius 1 is 1.10 bits per heavy atom. The van der Waals surface area contributed by atoms with E-state index in [-0.39, 0.29) is 18.1 Å². The molecule has 1 saturated heterocycles. The highest BCUT2D eigenvalue weighted by molar-refractivity contribution is 5.96. The molecule has 1 aliphatic rings. The molecule has 1 aliphatic heterocycles. The van der Waals surface area contributed by atoms with Crippen LogP contribution in [-0.4, -0.2) is 77.9 Å². The molecule has 1 atom stereocenters. The van der Waals surface area contributed by atoms with Crippen molar-refractivity contribution in [2.75, 3.05) is 20.1 Å². The van der Waals surface area contributed by atoms with Crippen molar-refractivity contribution in [3.05, 3.63) is 78.9 Å². The van der Waals surface area contributed by atoms with Gasteiger partial charge in [0.1, 0.15) is 18.2 Å². The Bertz CT molecular complexity index is 1610. The number of carbonyl (C=O) groups excluding carboxylic acids is 1. The summed E-state index contributed by atoms with van der Waals surface area (Å²) in [7, 11) is 2.11. The molecule has 11 heteroatoms. The molecule has 40 heavy (non-hydrogen) atoms. The van der Waals surface area contributed by atoms with Gasteiger partial charge in [-0.05, 0) is 86.2 Å². The van der Waals surface area contributed by atoms with Crippen LogP contribution < -0.4 is 10.1 Å². The molecule has 0 saturated carbocycles. The first kappa shape index (κ1) is 25.6. The fraction of sp³-hybridized carbons (Fsp3) is 0.310. The number of ether oxygens (including phenoxy) is 1. The predicted octanol–water partition coefficient (Wildman–Crippen LogP) is 3.34. The van der Waals surface area contributed by atoms with Gasteiger partial charge in [0.15, 0.2) is 5.65 Å². The van der Waals surface area contributed by atoms with Gasteiger partial charge in [0, 0.05) is 28.9 Å². The first-order valence-electron chi connectivity index (χ1n) is 13.4. The molecule has 0 unspecified atom stereocenters. The molecular formula is C29H31N9O2. The summed E-state index contributed by atoms with van der Waals surface area (Å²) in [6, 6.07) is 17.6. The quantitative estimate of drug-likeness (QED) is 0.321. The number of nitrogens with zero attached hydrogens (tertiary/aromatic N) is 8. The van der Waals surface area contributed by atoms with E-state index >= 15 is 0 Å². The van der Waals surface area contributed by atoms with Gasteiger partial charge in [-0.25, -0.2) is 14.2 Å². The van der Waals surface area contributed by atoms with E-state index in [4.69, 9.17) is 9.72 Å². The van der Waals surface area contributed by atoms with Gasteiger partial charge in [-0.3, -0.25) is 4.79 Å². The maximum atomic E-state index is 13.0. The minimum atomic E-state index is -0.125. The van der Waals surface area contributed by atoms with Crippen LogP contribution in [-0.2, 0) is 6.54 Å². The Kier molecular flexibility index (Phi) is 7.19. The largest absolute Gasteiger partial charge is 0.489 e. The lowest BCUT2D eigenvalue weighted by atomic mass is 10.0. The fourth-order valence-electron chi connectivity index (χ4n) is 5.01. The van der Waals surface area contributed by atoms with Crippen molar-refractivity contribution in [3.8, 4) is 28.1 Å². The fourth-order valence-corrected chi connectivity index (χ4v) is 5.01. The molecular weight excluding hydrogens is 506 g/mol. The van der Waals surface area contributed by atoms with E-state index in [1.807, 2.05) is 67.7 Å². The molecule has 1 N–H and O–H groups in total. The molecule has 3 aromatic heterocycles. The van der Waals surface area contributed by atoms with Crippen molar-refractivity contribution in [1.29, 1.82) is 0 Å². The highest BCUT2D eigenvalue weighted by Gasteiger charge is 2.20. The zero-order valence-corrected chi connectivity index (χ0v) is 22.5. The molecule has 0 spiro atoms. The second kappa shape index (κ2) is 11.2. The third-order valence-electron chi connectivity index (χ3n) is 7.16. The number of fused-ring (bicyclic) bond motifs is 1. The van der Waals surface area contributed by atoms with Crippen molar-refractivity contribution in [2.24, 2.45) is 0 Å². The molecule has 0 bridgehead atoms. The number of likely N-dealkylation sites (tertiary alicyclic amines) is 1. The maximum absolute atomic E-state index is 13.0. The number of carbonyl (C=O) groups is 1. The summed E-state index contributed by atoms with van der Waals surface area (Å²) in [5.74, 6) is 0.685. The number of rotatable bonds is 8. The first-order chi connectivity index (χ1) is 19.5. The van der Waals surface area contributed by atoms with E-state index in [0.717, 1.165) is 54.1 Å². The van der Waals surface area contributed by atoms with E-state index in [9.17, 15) is 4.79 Å². The molecule has 1 fully saturated rings. The summed E-state index contributed by atoms with van der Waals surface area (Å²) in [6.45, 7) is 4.50. The average Bonchev–Trinajstić information content (AvgIpc) is 3.64. The van der Waals surface area contributed by atoms with E-state index in [2.05, 4.69) is 37.9 Å². The average molecular weight is 538 g/mol. The number of nitrogens with one attached hydrogen (secondary N) is 1. The molecule has 11 nitrogen and oxygen atoms in total. The van der Waals surface area contributed by atoms with Crippen LogP contribution >= 0.6 is 0 Å². The molecule has 2 aromatic carbocycles. The van der Waals surface area contributed by atoms with Crippen molar-refractivity contribution in [2.45, 2.75) is 38.5 Å². The highest BCUT2D eigenvalue weighted by Crippen LogP contribution is 2.28. The standard InChI is InChI=1S/C29H31N9O2/c1-20(18-37-19-30-34-35-37)40-25-8-4-6-22(16-25)27-11-14-38-28(33-27)26(17-31-38)21-5-3-7-23(15-21)29(39)32-24-9-12-36(2)13-10-24/h3-8,11,14-17,19-20,24H,9-10,12-13,18H2,1-2H3,(H,32,39)/t20-/m0/s1. The number of hydrogen-bond acceptors (Lipinski definition) is 8. The summed E-state index contributed by atoms with van der Waals surface area (Å²) in [5.41, 5.74) is 4.82. The normalized spacial score (nSPS) is 15.2. The third-order valence-corrected chi connectivity index (χ3v) is 7.16. The zero-order valence-electron chi connectivity index (χ0n) is 22.5. The van der Waals surface area contributed by atoms with Gasteiger partial charge in [-0.2, -0.15) is 5.10 Å². The van der Waals surface area contributed by atoms with E-state index in [0.29, 0.717) is 17.8 Å². The Hall–Kier alpha value is -4.64. The molecule has 4 heterocycles. The molecule has 0 aliphatic carbocycles. The monoisotopic (exact) mass is 537 g/mol. The second-order valence-corrected chi connectivity index (χ2v) is 10.3. The lowest BCUT2D eigenvalue weighted by Gasteiger charge is -2.29. The van der Waals surface area contributed by atoms with Crippen molar-refractivity contribution in [1.82, 2.24) is 45.0 Å². The van der Waals surface area contributed by atoms with Crippen LogP contribution in [0.4, 0.5) is 0 Å². The van der Waals surface area contributed by atoms with Crippen LogP contribution in [0.15, 0.2) is 73.3 Å². The number of hydrogen-bond donors (Lipinski definition) is 1. The molecule has 6 rings (SSSR count). The van der Waals surface area contributed by atoms with Crippen LogP contribution in [0.1, 0.15) is 30.1 Å². The molecule has 1 amide bonds. The molecule has 0 radical (unpaired) electrons. The first-order valence-corrected chi connectivity index (χ1v) is 13.4. The van der Waals surface area contributed by atoms with Crippen molar-refractivity contribution < 1.29 is 9.53 Å². The Morgan fingerprint density at radius 2 is 1.93 bits per heavy atom. The second-order valence-electron chi connectivity index (χ2n) is 10.3. The minimum Gasteiger partial charge on any atom is -0.489 e. The van der Waals surface area contributed by atoms with Crippen LogP contribution in [0.2, 0.25) is 0 Å². The summed E-state index contributed by atoms with van der Waals surface area (Å²) in [6.07, 6.45) is 7.06. The number of tetrazole rings is 1. The SMILES string of the molecule is C[C@@H](Cn1cnnn1)Oc1cccc(-c2ccn3ncc(-c4cccc(C(=O)NC5CCN(C)CC5)c4)c3n2)c1. The summed E-state index contributed by atoms with van der Waals surface area (Å²) < 4.78 is 9.49. The highest BCUT2D eigenvalue weighted by atomic mass is 16.5. The molecule has 204 valence electrons. The third kappa shape index (κ3) is 5.69. The molecule has 5 aromatic rings. The Balaban J connectivity index is 1.22. The zero-order chi connectivity index (χ0) is 27.5. The number of benzene rings is 2. The van der Waals surface area contributed by atoms with Crippen molar-refractivity contribution in [3.63, 3.8) is 0 Å². The maximum Gasteiger partial charge on any atom is 0.251 e. The minimum absolute atomic E-state index is 0.0485. The smallest absolute Gasteiger partial charge is 0.251 e. The Morgan fingerprint density at radius 3 is 2.75 bits per heavy atom. The van der Waals surface area contributed by atoms with Crippen molar-refractivity contribution >= 4 is 11.6 Å². The van der Waals surface area contributed by atoms with Gasteiger partial charge >= 0.3 is 0 Å². The number of amides is 1. The lowest BCUT2D eigenvalue weighted by Crippen LogP contribution is -2.43. The van der Waals surface area contributed by atoms with E-state index < -0.39 is 0 Å². The van der Waals surface area contributed by atoms with Gasteiger partial charge in [-0.1, -0.05) is 24.3 Å². The van der Waals surface area contributed by atoms with Gasteiger partial charge < -0.3 is 15.0 Å². The number of piperidine rings is 1. The summed E-state index contributed by atoms with van der Waals surface area (Å²) >= 11 is 0. The lowest BCUT2D eigenvalue weighted by molar-refractivity contribution is 0.0917. The summed E-state index contributed by atoms with van der Waals surface area (Å²) in [5, 5.41) is 18.9. The van der Waals surface area contributed by atoms with Crippen LogP contribution in [0.25, 0.3) is 28.0 Å². The van der Waals surface area contributed by atoms with Crippen LogP contribution in [0, 0.1) is 0 Å². The van der Waals surface area contributed by atoms with Crippen LogP contribution in [0.3, 0.4) is 0 Å². The van der Waals surface area contributed by atoms with Gasteiger partial charge in [0.25, 0.3) is 5.91 Å². The topological polar surface area (TPSA) is 115 Å². The van der Waals surface area contributed by atoms with E-state index in [1.54, 1.807) is 21.7 Å². The van der Waals surface area contributed by atoms with E-state index in [1.165, 1.54) is 0 Å². The number of aromatic nitrogens is 7. The Labute approximate surface area is 231 Å². The summed E-state index contributed by atoms with van der Waals surface area (Å²) in [4.78, 5) is 20.3. The van der Waals surface area contributed by atoms with Gasteiger partial charge in [-0.15, -0.1) is 5.10 Å². The van der Waals surface area contributed by atoms with Crippen LogP contribution in [0.5, 0.6) is 5.75 Å². The predicted molar refractivity (Wildman–Crippen MR) is 150 cm³/mol. The van der Waals surface area contributed by atoms with Gasteiger partial charge in [0.2, 0.25) is 0 Å².